The molecule has 1 aliphatic carbocycles. The number of ether oxygens (including phenoxy) is 1. The molecule has 2 fully saturated rings. The summed E-state index contributed by atoms with van der Waals surface area (Å²) in [6.07, 6.45) is 2.96. The smallest absolute Gasteiger partial charge is 0.0900 e. The second-order valence-electron chi connectivity index (χ2n) is 6.97. The van der Waals surface area contributed by atoms with Gasteiger partial charge in [0, 0.05) is 34.9 Å². The number of rotatable bonds is 3. The van der Waals surface area contributed by atoms with E-state index in [1.807, 2.05) is 11.3 Å². The molecule has 1 saturated heterocycles. The Bertz CT molecular complexity index is 497. The Morgan fingerprint density at radius 1 is 1.40 bits per heavy atom. The number of fused-ring (bicyclic) bond motifs is 1. The molecule has 1 N–H and O–H groups in total. The molecule has 4 heteroatoms. The third kappa shape index (κ3) is 2.22. The maximum atomic E-state index is 5.99. The predicted molar refractivity (Wildman–Crippen MR) is 83.2 cm³/mol. The van der Waals surface area contributed by atoms with E-state index in [1.165, 1.54) is 23.4 Å². The van der Waals surface area contributed by atoms with Gasteiger partial charge in [-0.25, -0.2) is 4.98 Å². The van der Waals surface area contributed by atoms with E-state index < -0.39 is 0 Å². The Morgan fingerprint density at radius 3 is 2.80 bits per heavy atom. The molecule has 0 bridgehead atoms. The lowest BCUT2D eigenvalue weighted by Gasteiger charge is -2.60. The molecular formula is C16H26N2OS. The second kappa shape index (κ2) is 5.08. The van der Waals surface area contributed by atoms with Gasteiger partial charge in [0.25, 0.3) is 0 Å². The maximum absolute atomic E-state index is 5.99. The fourth-order valence-corrected chi connectivity index (χ4v) is 5.09. The number of aromatic nitrogens is 1. The van der Waals surface area contributed by atoms with Crippen LogP contribution in [0.1, 0.15) is 55.2 Å². The molecule has 20 heavy (non-hydrogen) atoms. The molecule has 0 amide bonds. The van der Waals surface area contributed by atoms with Crippen LogP contribution in [-0.2, 0) is 4.74 Å². The van der Waals surface area contributed by atoms with Crippen molar-refractivity contribution >= 4 is 11.3 Å². The Morgan fingerprint density at radius 2 is 2.15 bits per heavy atom. The van der Waals surface area contributed by atoms with Crippen LogP contribution in [0.3, 0.4) is 0 Å². The minimum Gasteiger partial charge on any atom is -0.377 e. The maximum Gasteiger partial charge on any atom is 0.0900 e. The van der Waals surface area contributed by atoms with Gasteiger partial charge in [0.15, 0.2) is 0 Å². The first-order chi connectivity index (χ1) is 9.41. The standard InChI is InChI=1S/C16H26N2OS/c1-9-13(20-11(3)17-9)10(2)18-14-12-7-6-8-19-15(12)16(14,4)5/h10,12,14-15,18H,6-8H2,1-5H3. The summed E-state index contributed by atoms with van der Waals surface area (Å²) in [5.74, 6) is 0.690. The van der Waals surface area contributed by atoms with Crippen molar-refractivity contribution in [1.29, 1.82) is 0 Å². The predicted octanol–water partition coefficient (Wildman–Crippen LogP) is 3.61. The van der Waals surface area contributed by atoms with Gasteiger partial charge in [-0.05, 0) is 33.6 Å². The van der Waals surface area contributed by atoms with E-state index in [1.54, 1.807) is 0 Å². The lowest BCUT2D eigenvalue weighted by Crippen LogP contribution is -2.69. The Kier molecular flexibility index (Phi) is 3.68. The molecule has 4 unspecified atom stereocenters. The summed E-state index contributed by atoms with van der Waals surface area (Å²) < 4.78 is 5.99. The number of nitrogens with zero attached hydrogens (tertiary/aromatic N) is 1. The van der Waals surface area contributed by atoms with Crippen molar-refractivity contribution in [2.45, 2.75) is 65.6 Å². The van der Waals surface area contributed by atoms with Crippen LogP contribution in [0.15, 0.2) is 0 Å². The molecule has 4 atom stereocenters. The van der Waals surface area contributed by atoms with Crippen molar-refractivity contribution in [2.75, 3.05) is 6.61 Å². The Labute approximate surface area is 126 Å². The fraction of sp³-hybridized carbons (Fsp3) is 0.812. The van der Waals surface area contributed by atoms with E-state index >= 15 is 0 Å². The van der Waals surface area contributed by atoms with Crippen molar-refractivity contribution in [1.82, 2.24) is 10.3 Å². The minimum absolute atomic E-state index is 0.243. The summed E-state index contributed by atoms with van der Waals surface area (Å²) in [7, 11) is 0. The zero-order valence-corrected chi connectivity index (χ0v) is 14.0. The van der Waals surface area contributed by atoms with Crippen molar-refractivity contribution in [3.8, 4) is 0 Å². The number of hydrogen-bond acceptors (Lipinski definition) is 4. The molecule has 1 saturated carbocycles. The summed E-state index contributed by atoms with van der Waals surface area (Å²) >= 11 is 1.82. The molecule has 1 aromatic rings. The van der Waals surface area contributed by atoms with Gasteiger partial charge in [-0.15, -0.1) is 11.3 Å². The molecular weight excluding hydrogens is 268 g/mol. The second-order valence-corrected chi connectivity index (χ2v) is 8.20. The Balaban J connectivity index is 1.72. The number of aryl methyl sites for hydroxylation is 2. The quantitative estimate of drug-likeness (QED) is 0.924. The molecule has 0 radical (unpaired) electrons. The van der Waals surface area contributed by atoms with Gasteiger partial charge in [0.1, 0.15) is 0 Å². The summed E-state index contributed by atoms with van der Waals surface area (Å²) in [6, 6.07) is 0.943. The third-order valence-corrected chi connectivity index (χ3v) is 6.35. The molecule has 2 aliphatic rings. The highest BCUT2D eigenvalue weighted by Crippen LogP contribution is 2.52. The molecule has 2 heterocycles. The van der Waals surface area contributed by atoms with Gasteiger partial charge in [-0.2, -0.15) is 0 Å². The Hall–Kier alpha value is -0.450. The van der Waals surface area contributed by atoms with Crippen LogP contribution in [0.2, 0.25) is 0 Å². The van der Waals surface area contributed by atoms with Crippen molar-refractivity contribution in [3.63, 3.8) is 0 Å². The topological polar surface area (TPSA) is 34.2 Å². The normalized spacial score (nSPS) is 33.4. The van der Waals surface area contributed by atoms with Crippen molar-refractivity contribution in [3.05, 3.63) is 15.6 Å². The summed E-state index contributed by atoms with van der Waals surface area (Å²) in [5.41, 5.74) is 1.42. The molecule has 0 spiro atoms. The summed E-state index contributed by atoms with van der Waals surface area (Å²) in [4.78, 5) is 5.94. The van der Waals surface area contributed by atoms with Crippen LogP contribution in [0.5, 0.6) is 0 Å². The van der Waals surface area contributed by atoms with E-state index in [-0.39, 0.29) is 5.41 Å². The highest BCUT2D eigenvalue weighted by Gasteiger charge is 2.57. The first-order valence-electron chi connectivity index (χ1n) is 7.73. The van der Waals surface area contributed by atoms with Gasteiger partial charge in [-0.1, -0.05) is 13.8 Å². The molecule has 112 valence electrons. The van der Waals surface area contributed by atoms with Crippen LogP contribution >= 0.6 is 11.3 Å². The molecule has 3 rings (SSSR count). The van der Waals surface area contributed by atoms with Crippen LogP contribution in [-0.4, -0.2) is 23.7 Å². The lowest BCUT2D eigenvalue weighted by atomic mass is 9.55. The van der Waals surface area contributed by atoms with Crippen molar-refractivity contribution in [2.24, 2.45) is 11.3 Å². The fourth-order valence-electron chi connectivity index (χ4n) is 4.15. The summed E-state index contributed by atoms with van der Waals surface area (Å²) in [5, 5.41) is 5.03. The van der Waals surface area contributed by atoms with Gasteiger partial charge in [0.2, 0.25) is 0 Å². The van der Waals surface area contributed by atoms with Gasteiger partial charge < -0.3 is 10.1 Å². The molecule has 1 aromatic heterocycles. The molecule has 3 nitrogen and oxygen atoms in total. The van der Waals surface area contributed by atoms with Crippen LogP contribution in [0.25, 0.3) is 0 Å². The van der Waals surface area contributed by atoms with E-state index in [9.17, 15) is 0 Å². The van der Waals surface area contributed by atoms with E-state index in [4.69, 9.17) is 4.74 Å². The first kappa shape index (κ1) is 14.5. The van der Waals surface area contributed by atoms with E-state index in [0.29, 0.717) is 24.1 Å². The van der Waals surface area contributed by atoms with Crippen molar-refractivity contribution < 1.29 is 4.74 Å². The average molecular weight is 294 g/mol. The van der Waals surface area contributed by atoms with E-state index in [2.05, 4.69) is 44.9 Å². The largest absolute Gasteiger partial charge is 0.377 e. The highest BCUT2D eigenvalue weighted by molar-refractivity contribution is 7.11. The molecule has 1 aliphatic heterocycles. The average Bonchev–Trinajstić information content (AvgIpc) is 2.75. The first-order valence-corrected chi connectivity index (χ1v) is 8.54. The van der Waals surface area contributed by atoms with Gasteiger partial charge in [0.05, 0.1) is 16.8 Å². The lowest BCUT2D eigenvalue weighted by molar-refractivity contribution is -0.194. The van der Waals surface area contributed by atoms with Gasteiger partial charge >= 0.3 is 0 Å². The zero-order valence-electron chi connectivity index (χ0n) is 13.2. The van der Waals surface area contributed by atoms with Crippen LogP contribution in [0, 0.1) is 25.2 Å². The minimum atomic E-state index is 0.243. The third-order valence-electron chi connectivity index (χ3n) is 5.09. The zero-order chi connectivity index (χ0) is 14.5. The van der Waals surface area contributed by atoms with Gasteiger partial charge in [-0.3, -0.25) is 0 Å². The molecule has 0 aromatic carbocycles. The monoisotopic (exact) mass is 294 g/mol. The number of thiazole rings is 1. The van der Waals surface area contributed by atoms with Crippen LogP contribution in [0.4, 0.5) is 0 Å². The highest BCUT2D eigenvalue weighted by atomic mass is 32.1. The van der Waals surface area contributed by atoms with Crippen LogP contribution < -0.4 is 5.32 Å². The summed E-state index contributed by atoms with van der Waals surface area (Å²) in [6.45, 7) is 12.1. The number of nitrogens with one attached hydrogen (secondary N) is 1. The van der Waals surface area contributed by atoms with E-state index in [0.717, 1.165) is 11.6 Å². The number of hydrogen-bond donors (Lipinski definition) is 1. The SMILES string of the molecule is Cc1nc(C)c(C(C)NC2C3CCCOC3C2(C)C)s1.